The van der Waals surface area contributed by atoms with Gasteiger partial charge in [0.1, 0.15) is 5.56 Å². The molecule has 0 spiro atoms. The third-order valence-electron chi connectivity index (χ3n) is 2.41. The van der Waals surface area contributed by atoms with Gasteiger partial charge in [0.15, 0.2) is 5.82 Å². The molecule has 0 aliphatic rings. The summed E-state index contributed by atoms with van der Waals surface area (Å²) in [6.07, 6.45) is 1.14. The van der Waals surface area contributed by atoms with Crippen LogP contribution in [0.2, 0.25) is 0 Å². The summed E-state index contributed by atoms with van der Waals surface area (Å²) in [7, 11) is 0. The van der Waals surface area contributed by atoms with Crippen LogP contribution in [0.1, 0.15) is 35.8 Å². The maximum atomic E-state index is 11.8. The molecule has 7 heteroatoms. The maximum Gasteiger partial charge on any atom is 0.256 e. The third kappa shape index (κ3) is 3.76. The van der Waals surface area contributed by atoms with Gasteiger partial charge in [-0.2, -0.15) is 5.10 Å². The first-order chi connectivity index (χ1) is 8.56. The van der Waals surface area contributed by atoms with Gasteiger partial charge in [0, 0.05) is 25.2 Å². The second kappa shape index (κ2) is 6.63. The van der Waals surface area contributed by atoms with Crippen molar-refractivity contribution in [3.63, 3.8) is 0 Å². The number of nitrogen functional groups attached to an aromatic ring is 1. The highest BCUT2D eigenvalue weighted by molar-refractivity contribution is 5.99. The number of nitrogens with two attached hydrogens (primary N) is 1. The predicted octanol–water partition coefficient (Wildman–Crippen LogP) is -0.0536. The fraction of sp³-hybridized carbons (Fsp3) is 0.545. The summed E-state index contributed by atoms with van der Waals surface area (Å²) in [5.74, 6) is -0.225. The lowest BCUT2D eigenvalue weighted by Crippen LogP contribution is -2.31. The van der Waals surface area contributed by atoms with Crippen molar-refractivity contribution in [3.8, 4) is 0 Å². The lowest BCUT2D eigenvalue weighted by atomic mass is 10.2. The number of carbonyl (C=O) groups is 2. The van der Waals surface area contributed by atoms with Gasteiger partial charge in [-0.25, -0.2) is 0 Å². The summed E-state index contributed by atoms with van der Waals surface area (Å²) >= 11 is 0. The van der Waals surface area contributed by atoms with E-state index in [9.17, 15) is 9.59 Å². The average molecular weight is 253 g/mol. The van der Waals surface area contributed by atoms with Crippen LogP contribution in [0.5, 0.6) is 0 Å². The Balaban J connectivity index is 2.36. The first-order valence-corrected chi connectivity index (χ1v) is 5.91. The summed E-state index contributed by atoms with van der Waals surface area (Å²) < 4.78 is 0. The van der Waals surface area contributed by atoms with Gasteiger partial charge in [0.05, 0.1) is 0 Å². The molecule has 0 unspecified atom stereocenters. The fourth-order valence-corrected chi connectivity index (χ4v) is 1.47. The third-order valence-corrected chi connectivity index (χ3v) is 2.41. The number of rotatable bonds is 6. The van der Waals surface area contributed by atoms with E-state index in [1.54, 1.807) is 6.92 Å². The van der Waals surface area contributed by atoms with Gasteiger partial charge in [0.2, 0.25) is 5.91 Å². The molecule has 5 N–H and O–H groups in total. The summed E-state index contributed by atoms with van der Waals surface area (Å²) in [4.78, 5) is 23.1. The van der Waals surface area contributed by atoms with Gasteiger partial charge in [-0.1, -0.05) is 6.92 Å². The number of hydrogen-bond donors (Lipinski definition) is 4. The van der Waals surface area contributed by atoms with Crippen molar-refractivity contribution in [3.05, 3.63) is 11.3 Å². The number of aromatic amines is 1. The van der Waals surface area contributed by atoms with Gasteiger partial charge in [0.25, 0.3) is 5.91 Å². The minimum atomic E-state index is -0.318. The highest BCUT2D eigenvalue weighted by atomic mass is 16.2. The second-order valence-corrected chi connectivity index (χ2v) is 3.96. The van der Waals surface area contributed by atoms with Crippen LogP contribution in [-0.4, -0.2) is 35.1 Å². The zero-order chi connectivity index (χ0) is 13.5. The molecule has 1 heterocycles. The smallest absolute Gasteiger partial charge is 0.256 e. The monoisotopic (exact) mass is 253 g/mol. The molecule has 100 valence electrons. The summed E-state index contributed by atoms with van der Waals surface area (Å²) in [5, 5.41) is 11.7. The summed E-state index contributed by atoms with van der Waals surface area (Å²) in [6.45, 7) is 4.62. The number of aromatic nitrogens is 2. The molecular weight excluding hydrogens is 234 g/mol. The number of amides is 2. The predicted molar refractivity (Wildman–Crippen MR) is 68.0 cm³/mol. The molecule has 0 aromatic carbocycles. The van der Waals surface area contributed by atoms with Crippen LogP contribution in [-0.2, 0) is 4.79 Å². The number of hydrogen-bond acceptors (Lipinski definition) is 4. The lowest BCUT2D eigenvalue weighted by molar-refractivity contribution is -0.120. The Hall–Kier alpha value is -2.05. The number of carbonyl (C=O) groups excluding carboxylic acids is 2. The van der Waals surface area contributed by atoms with E-state index in [0.717, 1.165) is 6.42 Å². The Labute approximate surface area is 106 Å². The maximum absolute atomic E-state index is 11.8. The Morgan fingerprint density at radius 2 is 2.06 bits per heavy atom. The molecule has 0 fully saturated rings. The van der Waals surface area contributed by atoms with Crippen molar-refractivity contribution in [1.82, 2.24) is 20.8 Å². The molecule has 0 bridgehead atoms. The van der Waals surface area contributed by atoms with E-state index in [1.165, 1.54) is 0 Å². The van der Waals surface area contributed by atoms with Gasteiger partial charge in [-0.05, 0) is 13.3 Å². The zero-order valence-electron chi connectivity index (χ0n) is 10.7. The molecule has 0 aliphatic heterocycles. The number of nitrogens with one attached hydrogen (secondary N) is 3. The molecule has 0 saturated carbocycles. The van der Waals surface area contributed by atoms with Crippen molar-refractivity contribution in [2.45, 2.75) is 26.7 Å². The minimum Gasteiger partial charge on any atom is -0.382 e. The molecule has 18 heavy (non-hydrogen) atoms. The van der Waals surface area contributed by atoms with E-state index in [4.69, 9.17) is 5.73 Å². The lowest BCUT2D eigenvalue weighted by Gasteiger charge is -2.05. The number of H-pyrrole nitrogens is 1. The highest BCUT2D eigenvalue weighted by Gasteiger charge is 2.15. The Morgan fingerprint density at radius 3 is 2.61 bits per heavy atom. The van der Waals surface area contributed by atoms with Crippen molar-refractivity contribution in [2.75, 3.05) is 18.8 Å². The van der Waals surface area contributed by atoms with Crippen LogP contribution in [0.4, 0.5) is 5.82 Å². The second-order valence-electron chi connectivity index (χ2n) is 3.96. The van der Waals surface area contributed by atoms with Crippen molar-refractivity contribution >= 4 is 17.6 Å². The molecular formula is C11H19N5O2. The minimum absolute atomic E-state index is 0.0750. The standard InChI is InChI=1S/C11H19N5O2/c1-3-5-13-8(17)4-6-14-11(18)9-7(2)15-16-10(9)12/h3-6H2,1-2H3,(H,13,17)(H,14,18)(H3,12,15,16). The normalized spacial score (nSPS) is 10.1. The molecule has 0 aliphatic carbocycles. The van der Waals surface area contributed by atoms with Crippen LogP contribution >= 0.6 is 0 Å². The largest absolute Gasteiger partial charge is 0.382 e. The first kappa shape index (κ1) is 14.0. The Bertz CT molecular complexity index is 408. The van der Waals surface area contributed by atoms with Gasteiger partial charge < -0.3 is 16.4 Å². The Morgan fingerprint density at radius 1 is 1.33 bits per heavy atom. The van der Waals surface area contributed by atoms with Gasteiger partial charge in [-0.15, -0.1) is 0 Å². The van der Waals surface area contributed by atoms with E-state index in [2.05, 4.69) is 20.8 Å². The van der Waals surface area contributed by atoms with E-state index in [0.29, 0.717) is 17.8 Å². The molecule has 2 amide bonds. The molecule has 0 atom stereocenters. The number of nitrogens with zero attached hydrogens (tertiary/aromatic N) is 1. The molecule has 0 radical (unpaired) electrons. The van der Waals surface area contributed by atoms with Gasteiger partial charge >= 0.3 is 0 Å². The van der Waals surface area contributed by atoms with Crippen LogP contribution in [0, 0.1) is 6.92 Å². The summed E-state index contributed by atoms with van der Waals surface area (Å²) in [6, 6.07) is 0. The topological polar surface area (TPSA) is 113 Å². The average Bonchev–Trinajstić information content (AvgIpc) is 2.66. The van der Waals surface area contributed by atoms with Gasteiger partial charge in [-0.3, -0.25) is 14.7 Å². The van der Waals surface area contributed by atoms with Crippen LogP contribution in [0.25, 0.3) is 0 Å². The zero-order valence-corrected chi connectivity index (χ0v) is 10.7. The fourth-order valence-electron chi connectivity index (χ4n) is 1.47. The van der Waals surface area contributed by atoms with E-state index in [-0.39, 0.29) is 30.6 Å². The quantitative estimate of drug-likeness (QED) is 0.569. The SMILES string of the molecule is CCCNC(=O)CCNC(=O)c1c(N)n[nH]c1C. The first-order valence-electron chi connectivity index (χ1n) is 5.91. The molecule has 1 aromatic heterocycles. The molecule has 1 rings (SSSR count). The van der Waals surface area contributed by atoms with Crippen molar-refractivity contribution < 1.29 is 9.59 Å². The molecule has 0 saturated heterocycles. The highest BCUT2D eigenvalue weighted by Crippen LogP contribution is 2.11. The molecule has 1 aromatic rings. The molecule has 7 nitrogen and oxygen atoms in total. The Kier molecular flexibility index (Phi) is 5.16. The van der Waals surface area contributed by atoms with Crippen LogP contribution in [0.3, 0.4) is 0 Å². The number of aryl methyl sites for hydroxylation is 1. The number of anilines is 1. The van der Waals surface area contributed by atoms with Crippen molar-refractivity contribution in [2.24, 2.45) is 0 Å². The van der Waals surface area contributed by atoms with E-state index < -0.39 is 0 Å². The van der Waals surface area contributed by atoms with Crippen molar-refractivity contribution in [1.29, 1.82) is 0 Å². The van der Waals surface area contributed by atoms with E-state index >= 15 is 0 Å². The van der Waals surface area contributed by atoms with Crippen LogP contribution < -0.4 is 16.4 Å². The van der Waals surface area contributed by atoms with E-state index in [1.807, 2.05) is 6.92 Å². The summed E-state index contributed by atoms with van der Waals surface area (Å²) in [5.41, 5.74) is 6.51. The van der Waals surface area contributed by atoms with Crippen LogP contribution in [0.15, 0.2) is 0 Å².